The van der Waals surface area contributed by atoms with Gasteiger partial charge in [-0.1, -0.05) is 60.7 Å². The second kappa shape index (κ2) is 8.58. The molecule has 0 saturated heterocycles. The van der Waals surface area contributed by atoms with Gasteiger partial charge in [-0.05, 0) is 41.5 Å². The zero-order valence-electron chi connectivity index (χ0n) is 14.5. The summed E-state index contributed by atoms with van der Waals surface area (Å²) in [6.45, 7) is 0. The normalized spacial score (nSPS) is 11.1. The summed E-state index contributed by atoms with van der Waals surface area (Å²) in [5.41, 5.74) is 3.40. The van der Waals surface area contributed by atoms with Crippen LogP contribution in [0.2, 0.25) is 0 Å². The lowest BCUT2D eigenvalue weighted by molar-refractivity contribution is 0.104. The Kier molecular flexibility index (Phi) is 5.73. The minimum Gasteiger partial charge on any atom is -0.497 e. The minimum atomic E-state index is -0.0208. The van der Waals surface area contributed by atoms with E-state index in [1.54, 1.807) is 19.4 Å². The SMILES string of the molecule is COc1ccc(N=Cc2ccccc2/C=C/C(=O)c2ccccc2)cc1. The van der Waals surface area contributed by atoms with Crippen LogP contribution in [0, 0.1) is 0 Å². The number of carbonyl (C=O) groups excluding carboxylic acids is 1. The number of carbonyl (C=O) groups is 1. The Balaban J connectivity index is 1.78. The Morgan fingerprint density at radius 1 is 0.846 bits per heavy atom. The van der Waals surface area contributed by atoms with E-state index in [0.29, 0.717) is 5.56 Å². The lowest BCUT2D eigenvalue weighted by Crippen LogP contribution is -1.93. The molecule has 0 heterocycles. The van der Waals surface area contributed by atoms with Crippen LogP contribution in [-0.4, -0.2) is 19.1 Å². The highest BCUT2D eigenvalue weighted by molar-refractivity contribution is 6.07. The van der Waals surface area contributed by atoms with E-state index in [4.69, 9.17) is 4.74 Å². The average molecular weight is 341 g/mol. The first-order valence-corrected chi connectivity index (χ1v) is 8.31. The number of nitrogens with zero attached hydrogens (tertiary/aromatic N) is 1. The molecule has 3 aromatic carbocycles. The smallest absolute Gasteiger partial charge is 0.185 e. The average Bonchev–Trinajstić information content (AvgIpc) is 2.72. The van der Waals surface area contributed by atoms with Gasteiger partial charge in [0.2, 0.25) is 0 Å². The summed E-state index contributed by atoms with van der Waals surface area (Å²) < 4.78 is 5.15. The molecule has 3 nitrogen and oxygen atoms in total. The van der Waals surface area contributed by atoms with E-state index in [2.05, 4.69) is 4.99 Å². The molecule has 0 aliphatic heterocycles. The lowest BCUT2D eigenvalue weighted by atomic mass is 10.1. The third kappa shape index (κ3) is 4.54. The van der Waals surface area contributed by atoms with Crippen LogP contribution in [0.4, 0.5) is 5.69 Å². The van der Waals surface area contributed by atoms with Crippen LogP contribution >= 0.6 is 0 Å². The topological polar surface area (TPSA) is 38.7 Å². The number of ether oxygens (including phenoxy) is 1. The molecule has 0 aliphatic carbocycles. The number of benzene rings is 3. The number of rotatable bonds is 6. The number of aliphatic imine (C=N–C) groups is 1. The molecule has 0 aliphatic rings. The van der Waals surface area contributed by atoms with E-state index < -0.39 is 0 Å². The Labute approximate surface area is 153 Å². The maximum atomic E-state index is 12.2. The second-order valence-electron chi connectivity index (χ2n) is 5.65. The second-order valence-corrected chi connectivity index (χ2v) is 5.65. The van der Waals surface area contributed by atoms with Crippen LogP contribution in [0.15, 0.2) is 89.9 Å². The van der Waals surface area contributed by atoms with Gasteiger partial charge >= 0.3 is 0 Å². The van der Waals surface area contributed by atoms with Gasteiger partial charge in [0.25, 0.3) is 0 Å². The molecule has 128 valence electrons. The van der Waals surface area contributed by atoms with Crippen LogP contribution < -0.4 is 4.74 Å². The van der Waals surface area contributed by atoms with Gasteiger partial charge in [-0.3, -0.25) is 9.79 Å². The third-order valence-corrected chi connectivity index (χ3v) is 3.89. The number of ketones is 1. The van der Waals surface area contributed by atoms with Crippen molar-refractivity contribution >= 4 is 23.8 Å². The number of hydrogen-bond acceptors (Lipinski definition) is 3. The van der Waals surface area contributed by atoms with Crippen molar-refractivity contribution in [3.63, 3.8) is 0 Å². The first-order valence-electron chi connectivity index (χ1n) is 8.31. The predicted molar refractivity (Wildman–Crippen MR) is 106 cm³/mol. The van der Waals surface area contributed by atoms with E-state index in [-0.39, 0.29) is 5.78 Å². The zero-order valence-corrected chi connectivity index (χ0v) is 14.5. The molecule has 3 heteroatoms. The van der Waals surface area contributed by atoms with E-state index >= 15 is 0 Å². The summed E-state index contributed by atoms with van der Waals surface area (Å²) in [4.78, 5) is 16.7. The molecular formula is C23H19NO2. The third-order valence-electron chi connectivity index (χ3n) is 3.89. The van der Waals surface area contributed by atoms with E-state index in [1.165, 1.54) is 0 Å². The molecule has 0 amide bonds. The molecule has 0 spiro atoms. The fourth-order valence-electron chi connectivity index (χ4n) is 2.46. The van der Waals surface area contributed by atoms with Crippen LogP contribution in [-0.2, 0) is 0 Å². The van der Waals surface area contributed by atoms with Crippen molar-refractivity contribution in [3.05, 3.63) is 102 Å². The summed E-state index contributed by atoms with van der Waals surface area (Å²) in [5, 5.41) is 0. The Morgan fingerprint density at radius 2 is 1.50 bits per heavy atom. The molecule has 0 saturated carbocycles. The molecule has 26 heavy (non-hydrogen) atoms. The predicted octanol–water partition coefficient (Wildman–Crippen LogP) is 5.34. The molecule has 3 rings (SSSR count). The van der Waals surface area contributed by atoms with Gasteiger partial charge in [0.15, 0.2) is 5.78 Å². The maximum absolute atomic E-state index is 12.2. The number of methoxy groups -OCH3 is 1. The summed E-state index contributed by atoms with van der Waals surface area (Å²) in [6.07, 6.45) is 5.22. The van der Waals surface area contributed by atoms with Gasteiger partial charge < -0.3 is 4.74 Å². The molecule has 0 aromatic heterocycles. The van der Waals surface area contributed by atoms with Crippen LogP contribution in [0.3, 0.4) is 0 Å². The van der Waals surface area contributed by atoms with Crippen LogP contribution in [0.25, 0.3) is 6.08 Å². The largest absolute Gasteiger partial charge is 0.497 e. The van der Waals surface area contributed by atoms with Gasteiger partial charge in [0, 0.05) is 11.8 Å². The van der Waals surface area contributed by atoms with Crippen molar-refractivity contribution < 1.29 is 9.53 Å². The standard InChI is InChI=1S/C23H19NO2/c1-26-22-14-12-21(13-15-22)24-17-20-10-6-5-7-18(20)11-16-23(25)19-8-3-2-4-9-19/h2-17H,1H3/b16-11+,24-17?. The molecule has 0 fully saturated rings. The fourth-order valence-corrected chi connectivity index (χ4v) is 2.46. The summed E-state index contributed by atoms with van der Waals surface area (Å²) in [7, 11) is 1.64. The molecule has 0 radical (unpaired) electrons. The van der Waals surface area contributed by atoms with E-state index in [0.717, 1.165) is 22.6 Å². The number of hydrogen-bond donors (Lipinski definition) is 0. The highest BCUT2D eigenvalue weighted by Crippen LogP contribution is 2.18. The van der Waals surface area contributed by atoms with Crippen LogP contribution in [0.1, 0.15) is 21.5 Å². The summed E-state index contributed by atoms with van der Waals surface area (Å²) >= 11 is 0. The van der Waals surface area contributed by atoms with Gasteiger partial charge in [-0.25, -0.2) is 0 Å². The highest BCUT2D eigenvalue weighted by Gasteiger charge is 2.01. The zero-order chi connectivity index (χ0) is 18.2. The Bertz CT molecular complexity index is 926. The minimum absolute atomic E-state index is 0.0208. The van der Waals surface area contributed by atoms with Gasteiger partial charge in [-0.15, -0.1) is 0 Å². The molecule has 3 aromatic rings. The first-order chi connectivity index (χ1) is 12.8. The van der Waals surface area contributed by atoms with Gasteiger partial charge in [-0.2, -0.15) is 0 Å². The van der Waals surface area contributed by atoms with Crippen molar-refractivity contribution in [2.24, 2.45) is 4.99 Å². The van der Waals surface area contributed by atoms with Crippen molar-refractivity contribution in [2.45, 2.75) is 0 Å². The fraction of sp³-hybridized carbons (Fsp3) is 0.0435. The van der Waals surface area contributed by atoms with E-state index in [1.807, 2.05) is 84.9 Å². The molecule has 0 bridgehead atoms. The summed E-state index contributed by atoms with van der Waals surface area (Å²) in [5.74, 6) is 0.777. The van der Waals surface area contributed by atoms with Crippen molar-refractivity contribution in [1.82, 2.24) is 0 Å². The number of allylic oxidation sites excluding steroid dienone is 1. The molecular weight excluding hydrogens is 322 g/mol. The summed E-state index contributed by atoms with van der Waals surface area (Å²) in [6, 6.07) is 24.6. The maximum Gasteiger partial charge on any atom is 0.185 e. The quantitative estimate of drug-likeness (QED) is 0.345. The van der Waals surface area contributed by atoms with Crippen molar-refractivity contribution in [1.29, 1.82) is 0 Å². The Morgan fingerprint density at radius 3 is 2.19 bits per heavy atom. The first kappa shape index (κ1) is 17.4. The van der Waals surface area contributed by atoms with Crippen LogP contribution in [0.5, 0.6) is 5.75 Å². The van der Waals surface area contributed by atoms with E-state index in [9.17, 15) is 4.79 Å². The molecule has 0 atom stereocenters. The molecule has 0 N–H and O–H groups in total. The van der Waals surface area contributed by atoms with Crippen molar-refractivity contribution in [2.75, 3.05) is 7.11 Å². The monoisotopic (exact) mass is 341 g/mol. The Hall–Kier alpha value is -3.46. The van der Waals surface area contributed by atoms with Gasteiger partial charge in [0.05, 0.1) is 12.8 Å². The molecule has 0 unspecified atom stereocenters. The van der Waals surface area contributed by atoms with Crippen molar-refractivity contribution in [3.8, 4) is 5.75 Å². The van der Waals surface area contributed by atoms with Gasteiger partial charge in [0.1, 0.15) is 5.75 Å². The highest BCUT2D eigenvalue weighted by atomic mass is 16.5. The lowest BCUT2D eigenvalue weighted by Gasteiger charge is -2.01.